The van der Waals surface area contributed by atoms with Crippen LogP contribution in [0.4, 0.5) is 5.69 Å². The van der Waals surface area contributed by atoms with Gasteiger partial charge in [0, 0.05) is 17.1 Å². The lowest BCUT2D eigenvalue weighted by Gasteiger charge is -2.12. The van der Waals surface area contributed by atoms with Crippen LogP contribution in [0.2, 0.25) is 0 Å². The van der Waals surface area contributed by atoms with Gasteiger partial charge in [0.05, 0.1) is 22.5 Å². The van der Waals surface area contributed by atoms with Crippen LogP contribution in [0.25, 0.3) is 10.9 Å². The van der Waals surface area contributed by atoms with Gasteiger partial charge in [-0.1, -0.05) is 23.4 Å². The first kappa shape index (κ1) is 14.2. The van der Waals surface area contributed by atoms with Crippen LogP contribution in [-0.2, 0) is 0 Å². The lowest BCUT2D eigenvalue weighted by Crippen LogP contribution is -2.29. The van der Waals surface area contributed by atoms with Gasteiger partial charge in [-0.15, -0.1) is 0 Å². The lowest BCUT2D eigenvalue weighted by molar-refractivity contribution is 0.0926. The summed E-state index contributed by atoms with van der Waals surface area (Å²) in [6.45, 7) is 1.68. The Labute approximate surface area is 137 Å². The van der Waals surface area contributed by atoms with Gasteiger partial charge in [-0.3, -0.25) is 9.59 Å². The summed E-state index contributed by atoms with van der Waals surface area (Å²) < 4.78 is 0. The van der Waals surface area contributed by atoms with Crippen molar-refractivity contribution in [3.63, 3.8) is 0 Å². The number of amides is 2. The van der Waals surface area contributed by atoms with Gasteiger partial charge in [0.15, 0.2) is 0 Å². The third-order valence-corrected chi connectivity index (χ3v) is 4.26. The molecule has 2 N–H and O–H groups in total. The molecule has 2 heterocycles. The van der Waals surface area contributed by atoms with E-state index in [-0.39, 0.29) is 11.8 Å². The number of carbonyl (C=O) groups is 2. The molecule has 4 rings (SSSR count). The number of rotatable bonds is 2. The first-order chi connectivity index (χ1) is 11.6. The van der Waals surface area contributed by atoms with Crippen LogP contribution in [0, 0.1) is 0 Å². The van der Waals surface area contributed by atoms with Crippen molar-refractivity contribution in [2.24, 2.45) is 5.16 Å². The van der Waals surface area contributed by atoms with Gasteiger partial charge in [0.1, 0.15) is 0 Å². The van der Waals surface area contributed by atoms with Crippen LogP contribution in [0.15, 0.2) is 53.8 Å². The third-order valence-electron chi connectivity index (χ3n) is 4.26. The molecule has 0 fully saturated rings. The topological polar surface area (TPSA) is 85.8 Å². The van der Waals surface area contributed by atoms with Gasteiger partial charge in [-0.25, -0.2) is 4.90 Å². The molecule has 3 aromatic rings. The quantitative estimate of drug-likeness (QED) is 0.329. The van der Waals surface area contributed by atoms with Crippen LogP contribution in [0.5, 0.6) is 0 Å². The van der Waals surface area contributed by atoms with Crippen molar-refractivity contribution in [1.29, 1.82) is 0 Å². The van der Waals surface area contributed by atoms with Gasteiger partial charge in [0.2, 0.25) is 0 Å². The minimum atomic E-state index is -0.338. The van der Waals surface area contributed by atoms with Gasteiger partial charge in [0.25, 0.3) is 11.8 Å². The van der Waals surface area contributed by atoms with Crippen molar-refractivity contribution in [2.45, 2.75) is 6.92 Å². The van der Waals surface area contributed by atoms with Crippen molar-refractivity contribution < 1.29 is 14.8 Å². The first-order valence-electron chi connectivity index (χ1n) is 7.40. The van der Waals surface area contributed by atoms with E-state index in [2.05, 4.69) is 10.1 Å². The molecular formula is C18H13N3O3. The Kier molecular flexibility index (Phi) is 2.99. The maximum atomic E-state index is 12.7. The van der Waals surface area contributed by atoms with Crippen molar-refractivity contribution in [1.82, 2.24) is 4.98 Å². The lowest BCUT2D eigenvalue weighted by atomic mass is 10.1. The molecule has 2 aromatic carbocycles. The number of fused-ring (bicyclic) bond motifs is 2. The number of anilines is 1. The van der Waals surface area contributed by atoms with Crippen molar-refractivity contribution in [3.05, 3.63) is 65.4 Å². The minimum absolute atomic E-state index is 0.338. The molecule has 0 saturated heterocycles. The normalized spacial score (nSPS) is 14.5. The molecule has 0 saturated carbocycles. The summed E-state index contributed by atoms with van der Waals surface area (Å²) in [5.74, 6) is -0.677. The summed E-state index contributed by atoms with van der Waals surface area (Å²) in [6, 6.07) is 12.2. The summed E-state index contributed by atoms with van der Waals surface area (Å²) >= 11 is 0. The number of benzene rings is 2. The van der Waals surface area contributed by atoms with Crippen LogP contribution in [0.1, 0.15) is 33.2 Å². The Hall–Kier alpha value is -3.41. The number of aromatic nitrogens is 1. The minimum Gasteiger partial charge on any atom is -0.411 e. The first-order valence-corrected chi connectivity index (χ1v) is 7.40. The molecule has 6 nitrogen and oxygen atoms in total. The smallest absolute Gasteiger partial charge is 0.266 e. The fraction of sp³-hybridized carbons (Fsp3) is 0.0556. The fourth-order valence-corrected chi connectivity index (χ4v) is 2.98. The molecule has 0 spiro atoms. The molecule has 6 heteroatoms. The predicted molar refractivity (Wildman–Crippen MR) is 89.9 cm³/mol. The number of nitrogens with one attached hydrogen (secondary N) is 1. The van der Waals surface area contributed by atoms with Gasteiger partial charge >= 0.3 is 0 Å². The van der Waals surface area contributed by atoms with Crippen molar-refractivity contribution in [2.75, 3.05) is 4.90 Å². The molecule has 0 radical (unpaired) electrons. The van der Waals surface area contributed by atoms with Crippen molar-refractivity contribution >= 4 is 34.1 Å². The largest absolute Gasteiger partial charge is 0.411 e. The van der Waals surface area contributed by atoms with Crippen molar-refractivity contribution in [3.8, 4) is 0 Å². The second-order valence-corrected chi connectivity index (χ2v) is 5.61. The third kappa shape index (κ3) is 1.86. The van der Waals surface area contributed by atoms with E-state index in [9.17, 15) is 9.59 Å². The van der Waals surface area contributed by atoms with Crippen LogP contribution >= 0.6 is 0 Å². The monoisotopic (exact) mass is 319 g/mol. The van der Waals surface area contributed by atoms with Gasteiger partial charge in [-0.05, 0) is 36.8 Å². The highest BCUT2D eigenvalue weighted by molar-refractivity contribution is 6.36. The molecule has 0 atom stereocenters. The number of hydrogen-bond acceptors (Lipinski definition) is 4. The SMILES string of the molecule is C/C(=N\O)c1ccc2[nH]cc(N3C(=O)c4ccccc4C3=O)c2c1. The van der Waals surface area contributed by atoms with Crippen LogP contribution in [0.3, 0.4) is 0 Å². The molecular weight excluding hydrogens is 306 g/mol. The van der Waals surface area contributed by atoms with E-state index in [1.54, 1.807) is 49.5 Å². The summed E-state index contributed by atoms with van der Waals surface area (Å²) in [4.78, 5) is 29.6. The summed E-state index contributed by atoms with van der Waals surface area (Å²) in [7, 11) is 0. The maximum Gasteiger partial charge on any atom is 0.266 e. The number of nitrogens with zero attached hydrogens (tertiary/aromatic N) is 2. The molecule has 1 aromatic heterocycles. The zero-order valence-corrected chi connectivity index (χ0v) is 12.8. The number of imide groups is 1. The molecule has 1 aliphatic heterocycles. The second kappa shape index (κ2) is 5.06. The molecule has 0 unspecified atom stereocenters. The Balaban J connectivity index is 1.89. The van der Waals surface area contributed by atoms with E-state index in [0.29, 0.717) is 33.5 Å². The number of oxime groups is 1. The highest BCUT2D eigenvalue weighted by Crippen LogP contribution is 2.34. The Bertz CT molecular complexity index is 998. The predicted octanol–water partition coefficient (Wildman–Crippen LogP) is 3.17. The standard InChI is InChI=1S/C18H13N3O3/c1-10(20-24)11-6-7-15-14(8-11)16(9-19-15)21-17(22)12-4-2-3-5-13(12)18(21)23/h2-9,19,24H,1H3/b20-10+. The second-order valence-electron chi connectivity index (χ2n) is 5.61. The van der Waals surface area contributed by atoms with Gasteiger partial charge < -0.3 is 10.2 Å². The fourth-order valence-electron chi connectivity index (χ4n) is 2.98. The molecule has 0 bridgehead atoms. The van der Waals surface area contributed by atoms with E-state index in [0.717, 1.165) is 5.52 Å². The van der Waals surface area contributed by atoms with Crippen LogP contribution < -0.4 is 4.90 Å². The van der Waals surface area contributed by atoms with Crippen LogP contribution in [-0.4, -0.2) is 27.7 Å². The molecule has 118 valence electrons. The summed E-state index contributed by atoms with van der Waals surface area (Å²) in [5, 5.41) is 12.9. The van der Waals surface area contributed by atoms with Gasteiger partial charge in [-0.2, -0.15) is 0 Å². The Morgan fingerprint density at radius 2 is 1.75 bits per heavy atom. The molecule has 0 aliphatic carbocycles. The van der Waals surface area contributed by atoms with E-state index in [4.69, 9.17) is 5.21 Å². The number of carbonyl (C=O) groups excluding carboxylic acids is 2. The van der Waals surface area contributed by atoms with E-state index in [1.807, 2.05) is 6.07 Å². The number of hydrogen-bond donors (Lipinski definition) is 2. The zero-order valence-electron chi connectivity index (χ0n) is 12.8. The summed E-state index contributed by atoms with van der Waals surface area (Å²) in [6.07, 6.45) is 1.64. The highest BCUT2D eigenvalue weighted by Gasteiger charge is 2.37. The Morgan fingerprint density at radius 1 is 1.08 bits per heavy atom. The Morgan fingerprint density at radius 3 is 2.38 bits per heavy atom. The number of H-pyrrole nitrogens is 1. The highest BCUT2D eigenvalue weighted by atomic mass is 16.4. The molecule has 2 amide bonds. The zero-order chi connectivity index (χ0) is 16.8. The molecule has 24 heavy (non-hydrogen) atoms. The summed E-state index contributed by atoms with van der Waals surface area (Å²) in [5.41, 5.74) is 3.25. The van der Waals surface area contributed by atoms with E-state index in [1.165, 1.54) is 4.90 Å². The maximum absolute atomic E-state index is 12.7. The van der Waals surface area contributed by atoms with E-state index < -0.39 is 0 Å². The van der Waals surface area contributed by atoms with E-state index >= 15 is 0 Å². The average Bonchev–Trinajstić information content (AvgIpc) is 3.13. The molecule has 1 aliphatic rings. The average molecular weight is 319 g/mol. The number of aromatic amines is 1.